The Morgan fingerprint density at radius 1 is 1.15 bits per heavy atom. The van der Waals surface area contributed by atoms with E-state index in [1.807, 2.05) is 0 Å². The molecule has 2 unspecified atom stereocenters. The van der Waals surface area contributed by atoms with Crippen molar-refractivity contribution in [3.05, 3.63) is 0 Å². The molecule has 0 aliphatic carbocycles. The van der Waals surface area contributed by atoms with Crippen LogP contribution in [0.2, 0.25) is 0 Å². The SMILES string of the molecule is CCCNC(C)C(C)N(C)CCC. The summed E-state index contributed by atoms with van der Waals surface area (Å²) in [5.74, 6) is 0. The quantitative estimate of drug-likeness (QED) is 0.655. The molecule has 80 valence electrons. The Labute approximate surface area is 83.7 Å². The molecule has 2 atom stereocenters. The van der Waals surface area contributed by atoms with Gasteiger partial charge in [-0.2, -0.15) is 0 Å². The highest BCUT2D eigenvalue weighted by atomic mass is 15.2. The lowest BCUT2D eigenvalue weighted by atomic mass is 10.1. The lowest BCUT2D eigenvalue weighted by Crippen LogP contribution is -2.45. The Morgan fingerprint density at radius 3 is 2.23 bits per heavy atom. The lowest BCUT2D eigenvalue weighted by molar-refractivity contribution is 0.214. The Hall–Kier alpha value is -0.0800. The molecule has 0 amide bonds. The van der Waals surface area contributed by atoms with E-state index in [0.29, 0.717) is 12.1 Å². The first-order chi connectivity index (χ1) is 6.13. The fourth-order valence-electron chi connectivity index (χ4n) is 1.48. The fourth-order valence-corrected chi connectivity index (χ4v) is 1.48. The normalized spacial score (nSPS) is 16.2. The summed E-state index contributed by atoms with van der Waals surface area (Å²) in [7, 11) is 2.21. The maximum absolute atomic E-state index is 3.53. The molecule has 2 nitrogen and oxygen atoms in total. The predicted octanol–water partition coefficient (Wildman–Crippen LogP) is 2.10. The van der Waals surface area contributed by atoms with E-state index in [9.17, 15) is 0 Å². The predicted molar refractivity (Wildman–Crippen MR) is 60.1 cm³/mol. The molecule has 0 aliphatic heterocycles. The molecular weight excluding hydrogens is 160 g/mol. The van der Waals surface area contributed by atoms with Crippen LogP contribution < -0.4 is 5.32 Å². The van der Waals surface area contributed by atoms with Crippen LogP contribution in [-0.4, -0.2) is 37.1 Å². The third kappa shape index (κ3) is 5.27. The second-order valence-electron chi connectivity index (χ2n) is 3.96. The second kappa shape index (κ2) is 7.34. The van der Waals surface area contributed by atoms with Crippen molar-refractivity contribution in [3.63, 3.8) is 0 Å². The number of nitrogens with one attached hydrogen (secondary N) is 1. The van der Waals surface area contributed by atoms with E-state index in [1.165, 1.54) is 19.4 Å². The van der Waals surface area contributed by atoms with Crippen molar-refractivity contribution < 1.29 is 0 Å². The Balaban J connectivity index is 3.71. The maximum atomic E-state index is 3.53. The molecule has 0 heterocycles. The van der Waals surface area contributed by atoms with Crippen molar-refractivity contribution >= 4 is 0 Å². The molecule has 0 saturated carbocycles. The average Bonchev–Trinajstić information content (AvgIpc) is 2.13. The molecule has 2 heteroatoms. The molecule has 0 spiro atoms. The van der Waals surface area contributed by atoms with Gasteiger partial charge in [0.15, 0.2) is 0 Å². The van der Waals surface area contributed by atoms with Crippen molar-refractivity contribution in [2.24, 2.45) is 0 Å². The molecule has 0 aliphatic rings. The summed E-state index contributed by atoms with van der Waals surface area (Å²) in [4.78, 5) is 2.42. The molecule has 0 aromatic carbocycles. The van der Waals surface area contributed by atoms with Crippen molar-refractivity contribution in [2.75, 3.05) is 20.1 Å². The summed E-state index contributed by atoms with van der Waals surface area (Å²) >= 11 is 0. The van der Waals surface area contributed by atoms with E-state index in [-0.39, 0.29) is 0 Å². The second-order valence-corrected chi connectivity index (χ2v) is 3.96. The average molecular weight is 186 g/mol. The molecular formula is C11H26N2. The van der Waals surface area contributed by atoms with Gasteiger partial charge in [0, 0.05) is 12.1 Å². The smallest absolute Gasteiger partial charge is 0.0215 e. The van der Waals surface area contributed by atoms with Gasteiger partial charge < -0.3 is 10.2 Å². The standard InChI is InChI=1S/C11H26N2/c1-6-8-12-10(3)11(4)13(5)9-7-2/h10-12H,6-9H2,1-5H3. The van der Waals surface area contributed by atoms with Gasteiger partial charge in [0.05, 0.1) is 0 Å². The van der Waals surface area contributed by atoms with E-state index in [0.717, 1.165) is 6.54 Å². The van der Waals surface area contributed by atoms with Gasteiger partial charge in [-0.1, -0.05) is 13.8 Å². The molecule has 0 aromatic rings. The topological polar surface area (TPSA) is 15.3 Å². The van der Waals surface area contributed by atoms with Gasteiger partial charge in [0.2, 0.25) is 0 Å². The van der Waals surface area contributed by atoms with Crippen LogP contribution in [0, 0.1) is 0 Å². The highest BCUT2D eigenvalue weighted by molar-refractivity contribution is 4.75. The maximum Gasteiger partial charge on any atom is 0.0215 e. The summed E-state index contributed by atoms with van der Waals surface area (Å²) in [6.45, 7) is 11.3. The highest BCUT2D eigenvalue weighted by Crippen LogP contribution is 2.02. The summed E-state index contributed by atoms with van der Waals surface area (Å²) < 4.78 is 0. The molecule has 0 aromatic heterocycles. The first-order valence-electron chi connectivity index (χ1n) is 5.57. The van der Waals surface area contributed by atoms with Crippen LogP contribution in [0.25, 0.3) is 0 Å². The molecule has 0 rings (SSSR count). The van der Waals surface area contributed by atoms with Crippen LogP contribution in [0.15, 0.2) is 0 Å². The minimum Gasteiger partial charge on any atom is -0.313 e. The van der Waals surface area contributed by atoms with E-state index < -0.39 is 0 Å². The molecule has 1 N–H and O–H groups in total. The zero-order valence-corrected chi connectivity index (χ0v) is 9.93. The minimum atomic E-state index is 0.594. The Kier molecular flexibility index (Phi) is 7.29. The number of nitrogens with zero attached hydrogens (tertiary/aromatic N) is 1. The summed E-state index contributed by atoms with van der Waals surface area (Å²) in [5.41, 5.74) is 0. The van der Waals surface area contributed by atoms with Crippen molar-refractivity contribution in [3.8, 4) is 0 Å². The van der Waals surface area contributed by atoms with Crippen LogP contribution in [0.5, 0.6) is 0 Å². The van der Waals surface area contributed by atoms with Gasteiger partial charge in [0.25, 0.3) is 0 Å². The first kappa shape index (κ1) is 12.9. The molecule has 0 radical (unpaired) electrons. The van der Waals surface area contributed by atoms with Crippen LogP contribution in [-0.2, 0) is 0 Å². The zero-order valence-electron chi connectivity index (χ0n) is 9.93. The van der Waals surface area contributed by atoms with Crippen molar-refractivity contribution in [1.82, 2.24) is 10.2 Å². The Morgan fingerprint density at radius 2 is 1.77 bits per heavy atom. The van der Waals surface area contributed by atoms with Crippen LogP contribution >= 0.6 is 0 Å². The first-order valence-corrected chi connectivity index (χ1v) is 5.57. The Bertz CT molecular complexity index is 115. The summed E-state index contributed by atoms with van der Waals surface area (Å²) in [6, 6.07) is 1.23. The number of likely N-dealkylation sites (N-methyl/N-ethyl adjacent to an activating group) is 1. The van der Waals surface area contributed by atoms with Gasteiger partial charge in [-0.05, 0) is 46.8 Å². The molecule has 0 fully saturated rings. The zero-order chi connectivity index (χ0) is 10.3. The number of hydrogen-bond donors (Lipinski definition) is 1. The van der Waals surface area contributed by atoms with Gasteiger partial charge >= 0.3 is 0 Å². The van der Waals surface area contributed by atoms with E-state index in [1.54, 1.807) is 0 Å². The third-order valence-corrected chi connectivity index (χ3v) is 2.71. The van der Waals surface area contributed by atoms with E-state index in [4.69, 9.17) is 0 Å². The fraction of sp³-hybridized carbons (Fsp3) is 1.00. The van der Waals surface area contributed by atoms with Crippen molar-refractivity contribution in [1.29, 1.82) is 0 Å². The number of rotatable bonds is 7. The highest BCUT2D eigenvalue weighted by Gasteiger charge is 2.14. The summed E-state index contributed by atoms with van der Waals surface area (Å²) in [5, 5.41) is 3.53. The lowest BCUT2D eigenvalue weighted by Gasteiger charge is -2.30. The molecule has 13 heavy (non-hydrogen) atoms. The van der Waals surface area contributed by atoms with Crippen LogP contribution in [0.4, 0.5) is 0 Å². The van der Waals surface area contributed by atoms with Crippen LogP contribution in [0.1, 0.15) is 40.5 Å². The van der Waals surface area contributed by atoms with E-state index in [2.05, 4.69) is 45.0 Å². The molecule has 0 saturated heterocycles. The van der Waals surface area contributed by atoms with Gasteiger partial charge in [0.1, 0.15) is 0 Å². The van der Waals surface area contributed by atoms with Gasteiger partial charge in [-0.15, -0.1) is 0 Å². The van der Waals surface area contributed by atoms with Gasteiger partial charge in [-0.25, -0.2) is 0 Å². The largest absolute Gasteiger partial charge is 0.313 e. The minimum absolute atomic E-state index is 0.594. The van der Waals surface area contributed by atoms with Crippen LogP contribution in [0.3, 0.4) is 0 Å². The molecule has 0 bridgehead atoms. The van der Waals surface area contributed by atoms with Crippen molar-refractivity contribution in [2.45, 2.75) is 52.6 Å². The number of hydrogen-bond acceptors (Lipinski definition) is 2. The third-order valence-electron chi connectivity index (χ3n) is 2.71. The monoisotopic (exact) mass is 186 g/mol. The van der Waals surface area contributed by atoms with Gasteiger partial charge in [-0.3, -0.25) is 0 Å². The van der Waals surface area contributed by atoms with E-state index >= 15 is 0 Å². The summed E-state index contributed by atoms with van der Waals surface area (Å²) in [6.07, 6.45) is 2.45.